The molecule has 1 saturated carbocycles. The fraction of sp³-hybridized carbons (Fsp3) is 0.571. The Labute approximate surface area is 172 Å². The fourth-order valence-electron chi connectivity index (χ4n) is 4.53. The van der Waals surface area contributed by atoms with Crippen LogP contribution in [-0.2, 0) is 4.79 Å². The number of rotatable bonds is 3. The molecule has 2 fully saturated rings. The minimum absolute atomic E-state index is 0. The zero-order valence-corrected chi connectivity index (χ0v) is 17.3. The summed E-state index contributed by atoms with van der Waals surface area (Å²) in [4.78, 5) is 19.7. The molecule has 1 aromatic carbocycles. The van der Waals surface area contributed by atoms with Crippen molar-refractivity contribution < 1.29 is 4.79 Å². The molecule has 28 heavy (non-hydrogen) atoms. The van der Waals surface area contributed by atoms with E-state index in [-0.39, 0.29) is 29.8 Å². The molecule has 0 spiro atoms. The highest BCUT2D eigenvalue weighted by atomic mass is 35.5. The maximum absolute atomic E-state index is 13.0. The number of carbonyl (C=O) groups is 1. The van der Waals surface area contributed by atoms with E-state index in [2.05, 4.69) is 10.2 Å². The smallest absolute Gasteiger partial charge is 0.227 e. The van der Waals surface area contributed by atoms with Gasteiger partial charge in [-0.2, -0.15) is 5.10 Å². The van der Waals surface area contributed by atoms with Crippen LogP contribution < -0.4 is 5.73 Å². The highest BCUT2D eigenvalue weighted by Gasteiger charge is 2.40. The average Bonchev–Trinajstić information content (AvgIpc) is 3.18. The molecule has 152 valence electrons. The Morgan fingerprint density at radius 2 is 1.89 bits per heavy atom. The topological polar surface area (TPSA) is 87.9 Å². The minimum Gasteiger partial charge on any atom is -0.342 e. The van der Waals surface area contributed by atoms with E-state index in [0.717, 1.165) is 68.8 Å². The Morgan fingerprint density at radius 1 is 1.18 bits per heavy atom. The monoisotopic (exact) mass is 403 g/mol. The lowest BCUT2D eigenvalue weighted by molar-refractivity contribution is -0.140. The van der Waals surface area contributed by atoms with E-state index in [1.165, 1.54) is 0 Å². The van der Waals surface area contributed by atoms with Crippen LogP contribution in [-0.4, -0.2) is 44.6 Å². The number of piperidine rings is 1. The summed E-state index contributed by atoms with van der Waals surface area (Å²) in [6.07, 6.45) is 5.95. The van der Waals surface area contributed by atoms with Crippen molar-refractivity contribution in [3.8, 4) is 11.4 Å². The van der Waals surface area contributed by atoms with Crippen LogP contribution >= 0.6 is 12.4 Å². The molecule has 2 heterocycles. The van der Waals surface area contributed by atoms with Gasteiger partial charge in [0.25, 0.3) is 0 Å². The predicted molar refractivity (Wildman–Crippen MR) is 112 cm³/mol. The van der Waals surface area contributed by atoms with Gasteiger partial charge in [0.15, 0.2) is 5.82 Å². The van der Waals surface area contributed by atoms with Gasteiger partial charge in [-0.3, -0.25) is 9.89 Å². The van der Waals surface area contributed by atoms with E-state index in [0.29, 0.717) is 5.92 Å². The van der Waals surface area contributed by atoms with Crippen LogP contribution in [0.1, 0.15) is 57.2 Å². The van der Waals surface area contributed by atoms with Crippen LogP contribution in [0.5, 0.6) is 0 Å². The van der Waals surface area contributed by atoms with Crippen LogP contribution in [0.25, 0.3) is 11.4 Å². The normalized spacial score (nSPS) is 25.9. The van der Waals surface area contributed by atoms with Crippen LogP contribution in [0.2, 0.25) is 0 Å². The molecule has 7 heteroatoms. The van der Waals surface area contributed by atoms with Gasteiger partial charge in [-0.25, -0.2) is 4.98 Å². The van der Waals surface area contributed by atoms with E-state index in [9.17, 15) is 4.79 Å². The summed E-state index contributed by atoms with van der Waals surface area (Å²) in [6, 6.07) is 10.0. The number of hydrogen-bond acceptors (Lipinski definition) is 4. The third-order valence-electron chi connectivity index (χ3n) is 6.28. The summed E-state index contributed by atoms with van der Waals surface area (Å²) < 4.78 is 0. The van der Waals surface area contributed by atoms with Gasteiger partial charge in [0.1, 0.15) is 5.82 Å². The zero-order chi connectivity index (χ0) is 18.9. The standard InChI is InChI=1S/C21H29N5O.ClH/c1-21(22)12-6-5-9-17(21)20(27)26-13-10-16(11-14-26)19-23-18(24-25-19)15-7-3-2-4-8-15;/h2-4,7-8,16-17H,5-6,9-14,22H2,1H3,(H,23,24,25);1H. The number of aromatic nitrogens is 3. The summed E-state index contributed by atoms with van der Waals surface area (Å²) in [5, 5.41) is 7.48. The zero-order valence-electron chi connectivity index (χ0n) is 16.4. The second-order valence-electron chi connectivity index (χ2n) is 8.31. The van der Waals surface area contributed by atoms with E-state index >= 15 is 0 Å². The third kappa shape index (κ3) is 4.23. The first-order chi connectivity index (χ1) is 13.0. The molecular weight excluding hydrogens is 374 g/mol. The Bertz CT molecular complexity index is 783. The number of H-pyrrole nitrogens is 1. The number of nitrogens with two attached hydrogens (primary N) is 1. The number of carbonyl (C=O) groups excluding carboxylic acids is 1. The SMILES string of the molecule is CC1(N)CCCCC1C(=O)N1CCC(c2nc(-c3ccccc3)n[nH]2)CC1.Cl. The van der Waals surface area contributed by atoms with E-state index in [1.54, 1.807) is 0 Å². The molecule has 1 aromatic heterocycles. The molecule has 3 N–H and O–H groups in total. The molecule has 0 radical (unpaired) electrons. The minimum atomic E-state index is -0.359. The van der Waals surface area contributed by atoms with Gasteiger partial charge in [0, 0.05) is 30.1 Å². The van der Waals surface area contributed by atoms with E-state index in [4.69, 9.17) is 10.7 Å². The van der Waals surface area contributed by atoms with Gasteiger partial charge in [-0.05, 0) is 32.6 Å². The summed E-state index contributed by atoms with van der Waals surface area (Å²) in [5.41, 5.74) is 7.10. The molecule has 6 nitrogen and oxygen atoms in total. The molecule has 4 rings (SSSR count). The Morgan fingerprint density at radius 3 is 2.57 bits per heavy atom. The van der Waals surface area contributed by atoms with Crippen molar-refractivity contribution in [2.75, 3.05) is 13.1 Å². The van der Waals surface area contributed by atoms with E-state index < -0.39 is 0 Å². The van der Waals surface area contributed by atoms with Crippen LogP contribution in [0.4, 0.5) is 0 Å². The second-order valence-corrected chi connectivity index (χ2v) is 8.31. The molecule has 0 bridgehead atoms. The van der Waals surface area contributed by atoms with E-state index in [1.807, 2.05) is 42.2 Å². The number of likely N-dealkylation sites (tertiary alicyclic amines) is 1. The molecule has 1 amide bonds. The maximum Gasteiger partial charge on any atom is 0.227 e. The quantitative estimate of drug-likeness (QED) is 0.820. The Balaban J connectivity index is 0.00000225. The second kappa shape index (κ2) is 8.62. The van der Waals surface area contributed by atoms with Crippen molar-refractivity contribution in [1.82, 2.24) is 20.1 Å². The van der Waals surface area contributed by atoms with Crippen molar-refractivity contribution in [3.05, 3.63) is 36.2 Å². The summed E-state index contributed by atoms with van der Waals surface area (Å²) >= 11 is 0. The van der Waals surface area contributed by atoms with Gasteiger partial charge in [-0.1, -0.05) is 43.2 Å². The lowest BCUT2D eigenvalue weighted by Gasteiger charge is -2.41. The average molecular weight is 404 g/mol. The van der Waals surface area contributed by atoms with Crippen molar-refractivity contribution >= 4 is 18.3 Å². The molecule has 1 saturated heterocycles. The van der Waals surface area contributed by atoms with Gasteiger partial charge in [0.05, 0.1) is 5.92 Å². The molecule has 1 aliphatic heterocycles. The molecule has 2 unspecified atom stereocenters. The van der Waals surface area contributed by atoms with Crippen LogP contribution in [0, 0.1) is 5.92 Å². The number of benzene rings is 1. The Kier molecular flexibility index (Phi) is 6.40. The Hall–Kier alpha value is -1.92. The third-order valence-corrected chi connectivity index (χ3v) is 6.28. The van der Waals surface area contributed by atoms with Crippen LogP contribution in [0.15, 0.2) is 30.3 Å². The van der Waals surface area contributed by atoms with Gasteiger partial charge in [0.2, 0.25) is 5.91 Å². The predicted octanol–water partition coefficient (Wildman–Crippen LogP) is 3.51. The molecule has 1 aliphatic carbocycles. The fourth-order valence-corrected chi connectivity index (χ4v) is 4.53. The number of halogens is 1. The highest BCUT2D eigenvalue weighted by Crippen LogP contribution is 2.35. The molecular formula is C21H30ClN5O. The lowest BCUT2D eigenvalue weighted by atomic mass is 9.73. The van der Waals surface area contributed by atoms with Crippen molar-refractivity contribution in [2.24, 2.45) is 11.7 Å². The molecule has 2 aromatic rings. The summed E-state index contributed by atoms with van der Waals surface area (Å²) in [7, 11) is 0. The number of amides is 1. The van der Waals surface area contributed by atoms with Crippen LogP contribution in [0.3, 0.4) is 0 Å². The van der Waals surface area contributed by atoms with Gasteiger partial charge < -0.3 is 10.6 Å². The number of hydrogen-bond donors (Lipinski definition) is 2. The lowest BCUT2D eigenvalue weighted by Crippen LogP contribution is -2.54. The summed E-state index contributed by atoms with van der Waals surface area (Å²) in [6.45, 7) is 3.59. The first kappa shape index (κ1) is 20.8. The van der Waals surface area contributed by atoms with Crippen molar-refractivity contribution in [3.63, 3.8) is 0 Å². The first-order valence-corrected chi connectivity index (χ1v) is 10.1. The van der Waals surface area contributed by atoms with Crippen molar-refractivity contribution in [2.45, 2.75) is 56.9 Å². The molecule has 2 atom stereocenters. The summed E-state index contributed by atoms with van der Waals surface area (Å²) in [5.74, 6) is 2.22. The van der Waals surface area contributed by atoms with Crippen molar-refractivity contribution in [1.29, 1.82) is 0 Å². The number of nitrogens with one attached hydrogen (secondary N) is 1. The number of aromatic amines is 1. The van der Waals surface area contributed by atoms with Gasteiger partial charge >= 0.3 is 0 Å². The van der Waals surface area contributed by atoms with Gasteiger partial charge in [-0.15, -0.1) is 12.4 Å². The molecule has 2 aliphatic rings. The first-order valence-electron chi connectivity index (χ1n) is 10.1. The number of nitrogens with zero attached hydrogens (tertiary/aromatic N) is 3. The highest BCUT2D eigenvalue weighted by molar-refractivity contribution is 5.85. The maximum atomic E-state index is 13.0. The largest absolute Gasteiger partial charge is 0.342 e.